The van der Waals surface area contributed by atoms with Gasteiger partial charge in [0.15, 0.2) is 12.2 Å². The Labute approximate surface area is 91.6 Å². The molecule has 1 aliphatic rings. The van der Waals surface area contributed by atoms with Crippen LogP contribution in [0.25, 0.3) is 0 Å². The van der Waals surface area contributed by atoms with Gasteiger partial charge in [0.1, 0.15) is 6.61 Å². The van der Waals surface area contributed by atoms with Gasteiger partial charge >= 0.3 is 11.9 Å². The predicted molar refractivity (Wildman–Crippen MR) is 52.5 cm³/mol. The second-order valence-electron chi connectivity index (χ2n) is 3.41. The highest BCUT2D eigenvalue weighted by Gasteiger charge is 2.51. The minimum absolute atomic E-state index is 0.131. The summed E-state index contributed by atoms with van der Waals surface area (Å²) < 4.78 is 9.56. The highest BCUT2D eigenvalue weighted by atomic mass is 16.7. The van der Waals surface area contributed by atoms with Crippen molar-refractivity contribution < 1.29 is 24.2 Å². The highest BCUT2D eigenvalue weighted by Crippen LogP contribution is 2.23. The Kier molecular flexibility index (Phi) is 2.87. The highest BCUT2D eigenvalue weighted by molar-refractivity contribution is 5.88. The lowest BCUT2D eigenvalue weighted by Crippen LogP contribution is -2.18. The van der Waals surface area contributed by atoms with Gasteiger partial charge < -0.3 is 14.6 Å². The fourth-order valence-electron chi connectivity index (χ4n) is 1.29. The van der Waals surface area contributed by atoms with E-state index in [9.17, 15) is 9.59 Å². The van der Waals surface area contributed by atoms with Crippen molar-refractivity contribution in [3.63, 3.8) is 0 Å². The normalized spacial score (nSPS) is 22.5. The Morgan fingerprint density at radius 2 is 1.94 bits per heavy atom. The fraction of sp³-hybridized carbons (Fsp3) is 0.273. The van der Waals surface area contributed by atoms with Crippen LogP contribution in [-0.2, 0) is 25.7 Å². The summed E-state index contributed by atoms with van der Waals surface area (Å²) in [5, 5.41) is 8.53. The standard InChI is InChI=1S/C11H10O5/c12-10(13)8-9(16-8)11(14)15-6-7-4-2-1-3-5-7/h1-5,8-9H,6H2,(H,12,13)/t8?,9-/m0/s1. The predicted octanol–water partition coefficient (Wildman–Crippen LogP) is 0.582. The zero-order valence-electron chi connectivity index (χ0n) is 8.33. The lowest BCUT2D eigenvalue weighted by Gasteiger charge is -2.02. The van der Waals surface area contributed by atoms with Crippen LogP contribution in [0.5, 0.6) is 0 Å². The van der Waals surface area contributed by atoms with Crippen LogP contribution in [0.15, 0.2) is 30.3 Å². The number of benzene rings is 1. The van der Waals surface area contributed by atoms with Gasteiger partial charge in [0.05, 0.1) is 0 Å². The van der Waals surface area contributed by atoms with Gasteiger partial charge in [-0.25, -0.2) is 9.59 Å². The van der Waals surface area contributed by atoms with E-state index in [1.807, 2.05) is 30.3 Å². The van der Waals surface area contributed by atoms with E-state index in [4.69, 9.17) is 9.84 Å². The summed E-state index contributed by atoms with van der Waals surface area (Å²) in [5.41, 5.74) is 0.850. The quantitative estimate of drug-likeness (QED) is 0.595. The third kappa shape index (κ3) is 2.38. The average molecular weight is 222 g/mol. The molecule has 1 saturated heterocycles. The molecule has 0 amide bonds. The summed E-state index contributed by atoms with van der Waals surface area (Å²) in [6, 6.07) is 9.15. The Bertz CT molecular complexity index is 400. The monoisotopic (exact) mass is 222 g/mol. The maximum absolute atomic E-state index is 11.3. The molecule has 16 heavy (non-hydrogen) atoms. The molecule has 1 N–H and O–H groups in total. The van der Waals surface area contributed by atoms with Gasteiger partial charge in [0, 0.05) is 0 Å². The van der Waals surface area contributed by atoms with Crippen LogP contribution in [0, 0.1) is 0 Å². The van der Waals surface area contributed by atoms with Crippen molar-refractivity contribution in [1.29, 1.82) is 0 Å². The second-order valence-corrected chi connectivity index (χ2v) is 3.41. The van der Waals surface area contributed by atoms with Gasteiger partial charge in [-0.05, 0) is 5.56 Å². The Hall–Kier alpha value is -1.88. The molecule has 0 radical (unpaired) electrons. The first-order valence-corrected chi connectivity index (χ1v) is 4.77. The van der Waals surface area contributed by atoms with Crippen molar-refractivity contribution in [3.05, 3.63) is 35.9 Å². The molecule has 0 bridgehead atoms. The van der Waals surface area contributed by atoms with Crippen LogP contribution >= 0.6 is 0 Å². The molecule has 2 atom stereocenters. The SMILES string of the molecule is O=C(O)C1O[C@@H]1C(=O)OCc1ccccc1. The Morgan fingerprint density at radius 1 is 1.25 bits per heavy atom. The van der Waals surface area contributed by atoms with E-state index in [-0.39, 0.29) is 6.61 Å². The number of epoxide rings is 1. The van der Waals surface area contributed by atoms with E-state index in [1.54, 1.807) is 0 Å². The summed E-state index contributed by atoms with van der Waals surface area (Å²) in [6.45, 7) is 0.131. The smallest absolute Gasteiger partial charge is 0.339 e. The van der Waals surface area contributed by atoms with E-state index in [2.05, 4.69) is 4.74 Å². The molecule has 0 saturated carbocycles. The number of ether oxygens (including phenoxy) is 2. The van der Waals surface area contributed by atoms with Crippen LogP contribution in [0.2, 0.25) is 0 Å². The molecule has 0 spiro atoms. The van der Waals surface area contributed by atoms with Crippen molar-refractivity contribution >= 4 is 11.9 Å². The van der Waals surface area contributed by atoms with Crippen LogP contribution < -0.4 is 0 Å². The number of hydrogen-bond acceptors (Lipinski definition) is 4. The molecule has 1 fully saturated rings. The maximum atomic E-state index is 11.3. The fourth-order valence-corrected chi connectivity index (χ4v) is 1.29. The van der Waals surface area contributed by atoms with Crippen LogP contribution in [0.3, 0.4) is 0 Å². The van der Waals surface area contributed by atoms with Crippen molar-refractivity contribution in [2.75, 3.05) is 0 Å². The summed E-state index contributed by atoms with van der Waals surface area (Å²) in [5.74, 6) is -1.77. The molecular weight excluding hydrogens is 212 g/mol. The van der Waals surface area contributed by atoms with Crippen molar-refractivity contribution in [1.82, 2.24) is 0 Å². The number of rotatable bonds is 4. The maximum Gasteiger partial charge on any atom is 0.339 e. The van der Waals surface area contributed by atoms with Gasteiger partial charge in [-0.15, -0.1) is 0 Å². The largest absolute Gasteiger partial charge is 0.479 e. The lowest BCUT2D eigenvalue weighted by atomic mass is 10.2. The van der Waals surface area contributed by atoms with E-state index in [0.717, 1.165) is 5.56 Å². The second kappa shape index (κ2) is 4.32. The molecule has 5 heteroatoms. The molecule has 1 aromatic carbocycles. The van der Waals surface area contributed by atoms with Gasteiger partial charge in [-0.3, -0.25) is 0 Å². The summed E-state index contributed by atoms with van der Waals surface area (Å²) in [6.07, 6.45) is -1.98. The molecule has 1 unspecified atom stereocenters. The van der Waals surface area contributed by atoms with Gasteiger partial charge in [0.25, 0.3) is 0 Å². The molecule has 1 aliphatic heterocycles. The van der Waals surface area contributed by atoms with Crippen LogP contribution in [0.4, 0.5) is 0 Å². The third-order valence-corrected chi connectivity index (χ3v) is 2.19. The number of carboxylic acid groups (broad SMARTS) is 1. The van der Waals surface area contributed by atoms with E-state index in [1.165, 1.54) is 0 Å². The molecule has 1 heterocycles. The zero-order chi connectivity index (χ0) is 11.5. The van der Waals surface area contributed by atoms with Gasteiger partial charge in [-0.2, -0.15) is 0 Å². The van der Waals surface area contributed by atoms with Crippen molar-refractivity contribution in [2.24, 2.45) is 0 Å². The van der Waals surface area contributed by atoms with E-state index >= 15 is 0 Å². The van der Waals surface area contributed by atoms with Crippen molar-refractivity contribution in [2.45, 2.75) is 18.8 Å². The number of hydrogen-bond donors (Lipinski definition) is 1. The van der Waals surface area contributed by atoms with Gasteiger partial charge in [0.2, 0.25) is 0 Å². The molecule has 0 aliphatic carbocycles. The van der Waals surface area contributed by atoms with Crippen LogP contribution in [-0.4, -0.2) is 29.3 Å². The molecule has 1 aromatic rings. The van der Waals surface area contributed by atoms with Crippen molar-refractivity contribution in [3.8, 4) is 0 Å². The number of esters is 1. The zero-order valence-corrected chi connectivity index (χ0v) is 8.33. The summed E-state index contributed by atoms with van der Waals surface area (Å²) in [7, 11) is 0. The summed E-state index contributed by atoms with van der Waals surface area (Å²) in [4.78, 5) is 21.7. The lowest BCUT2D eigenvalue weighted by molar-refractivity contribution is -0.147. The van der Waals surface area contributed by atoms with E-state index in [0.29, 0.717) is 0 Å². The third-order valence-electron chi connectivity index (χ3n) is 2.19. The molecular formula is C11H10O5. The average Bonchev–Trinajstić information content (AvgIpc) is 3.07. The molecule has 0 aromatic heterocycles. The number of carbonyl (C=O) groups excluding carboxylic acids is 1. The first-order chi connectivity index (χ1) is 7.68. The van der Waals surface area contributed by atoms with Gasteiger partial charge in [-0.1, -0.05) is 30.3 Å². The Balaban J connectivity index is 1.80. The molecule has 2 rings (SSSR count). The Morgan fingerprint density at radius 3 is 2.50 bits per heavy atom. The minimum atomic E-state index is -1.14. The number of aliphatic carboxylic acids is 1. The van der Waals surface area contributed by atoms with Crippen LogP contribution in [0.1, 0.15) is 5.56 Å². The minimum Gasteiger partial charge on any atom is -0.479 e. The number of carboxylic acids is 1. The van der Waals surface area contributed by atoms with E-state index < -0.39 is 24.1 Å². The first kappa shape index (κ1) is 10.6. The first-order valence-electron chi connectivity index (χ1n) is 4.77. The topological polar surface area (TPSA) is 76.1 Å². The molecule has 84 valence electrons. The summed E-state index contributed by atoms with van der Waals surface area (Å²) >= 11 is 0. The molecule has 5 nitrogen and oxygen atoms in total. The number of carbonyl (C=O) groups is 2.